The van der Waals surface area contributed by atoms with Crippen LogP contribution in [0.15, 0.2) is 35.3 Å². The van der Waals surface area contributed by atoms with Gasteiger partial charge in [-0.2, -0.15) is 4.98 Å². The lowest BCUT2D eigenvalue weighted by Crippen LogP contribution is -2.60. The smallest absolute Gasteiger partial charge is 0.354 e. The first-order chi connectivity index (χ1) is 19.1. The Bertz CT molecular complexity index is 1260. The van der Waals surface area contributed by atoms with Crippen LogP contribution in [0.2, 0.25) is 0 Å². The Kier molecular flexibility index (Phi) is 9.56. The molecule has 3 heterocycles. The van der Waals surface area contributed by atoms with Gasteiger partial charge in [-0.3, -0.25) is 14.7 Å². The summed E-state index contributed by atoms with van der Waals surface area (Å²) >= 11 is 0. The van der Waals surface area contributed by atoms with Gasteiger partial charge >= 0.3 is 11.7 Å². The number of hydrogen-bond acceptors (Lipinski definition) is 8. The quantitative estimate of drug-likeness (QED) is 0.379. The summed E-state index contributed by atoms with van der Waals surface area (Å²) in [5, 5.41) is 12.0. The first-order valence-electron chi connectivity index (χ1n) is 14.0. The maximum Gasteiger partial charge on any atom is 0.354 e. The van der Waals surface area contributed by atoms with E-state index in [1.165, 1.54) is 22.0 Å². The lowest BCUT2D eigenvalue weighted by atomic mass is 10.0. The number of anilines is 1. The van der Waals surface area contributed by atoms with E-state index in [0.29, 0.717) is 37.9 Å². The van der Waals surface area contributed by atoms with Crippen molar-refractivity contribution in [3.05, 3.63) is 52.1 Å². The van der Waals surface area contributed by atoms with Crippen molar-refractivity contribution >= 4 is 17.8 Å². The van der Waals surface area contributed by atoms with Crippen molar-refractivity contribution in [2.24, 2.45) is 11.5 Å². The highest BCUT2D eigenvalue weighted by molar-refractivity contribution is 5.89. The van der Waals surface area contributed by atoms with E-state index < -0.39 is 23.9 Å². The molecule has 2 saturated heterocycles. The first kappa shape index (κ1) is 29.7. The summed E-state index contributed by atoms with van der Waals surface area (Å²) in [7, 11) is 0. The Morgan fingerprint density at radius 2 is 1.82 bits per heavy atom. The molecule has 0 aliphatic carbocycles. The van der Waals surface area contributed by atoms with Gasteiger partial charge in [0.1, 0.15) is 11.4 Å². The van der Waals surface area contributed by atoms with Crippen molar-refractivity contribution in [3.8, 4) is 5.69 Å². The average molecular weight is 555 g/mol. The summed E-state index contributed by atoms with van der Waals surface area (Å²) in [4.78, 5) is 47.6. The van der Waals surface area contributed by atoms with Crippen LogP contribution < -0.4 is 22.5 Å². The molecule has 2 fully saturated rings. The average Bonchev–Trinajstić information content (AvgIpc) is 3.15. The number of nitrogens with two attached hydrogens (primary N) is 2. The van der Waals surface area contributed by atoms with Crippen molar-refractivity contribution in [2.45, 2.75) is 51.1 Å². The van der Waals surface area contributed by atoms with Crippen LogP contribution in [0.4, 0.5) is 10.6 Å². The van der Waals surface area contributed by atoms with Crippen LogP contribution in [-0.2, 0) is 11.2 Å². The van der Waals surface area contributed by atoms with E-state index in [2.05, 4.69) is 28.2 Å². The van der Waals surface area contributed by atoms with Crippen LogP contribution in [0.5, 0.6) is 0 Å². The number of aliphatic hydroxyl groups excluding tert-OH is 1. The third kappa shape index (κ3) is 7.25. The standard InChI is InChI=1S/C28H42N8O4/c1-20-18-23(6-5-21(20)7-11-33-10-3-4-22(29)8-12-33)36-13-9-24(32-27(36)40)31-26(39)35-16-14-34(15-17-35)25(38)28(2,30)19-37/h5-6,9,13,18,22,37H,3-4,7-8,10-12,14-17,19,29-30H2,1-2H3,(H,31,32,39,40). The van der Waals surface area contributed by atoms with Gasteiger partial charge in [0.15, 0.2) is 0 Å². The molecule has 2 aliphatic heterocycles. The van der Waals surface area contributed by atoms with Crippen LogP contribution in [0.25, 0.3) is 5.69 Å². The third-order valence-corrected chi connectivity index (χ3v) is 7.88. The fourth-order valence-electron chi connectivity index (χ4n) is 5.19. The van der Waals surface area contributed by atoms with Gasteiger partial charge in [-0.1, -0.05) is 6.07 Å². The Hall–Kier alpha value is -3.32. The van der Waals surface area contributed by atoms with Crippen LogP contribution in [0.3, 0.4) is 0 Å². The lowest BCUT2D eigenvalue weighted by molar-refractivity contribution is -0.139. The fourth-order valence-corrected chi connectivity index (χ4v) is 5.19. The van der Waals surface area contributed by atoms with E-state index in [0.717, 1.165) is 50.9 Å². The van der Waals surface area contributed by atoms with E-state index in [9.17, 15) is 19.5 Å². The molecule has 0 radical (unpaired) electrons. The summed E-state index contributed by atoms with van der Waals surface area (Å²) in [5.74, 6) is -0.198. The number of benzene rings is 1. The minimum atomic E-state index is -1.35. The van der Waals surface area contributed by atoms with Gasteiger partial charge in [-0.05, 0) is 81.9 Å². The Labute approximate surface area is 234 Å². The molecule has 6 N–H and O–H groups in total. The predicted octanol–water partition coefficient (Wildman–Crippen LogP) is 0.282. The summed E-state index contributed by atoms with van der Waals surface area (Å²) in [5.41, 5.74) is 13.2. The largest absolute Gasteiger partial charge is 0.394 e. The molecule has 3 amide bonds. The number of nitrogens with zero attached hydrogens (tertiary/aromatic N) is 5. The Balaban J connectivity index is 1.32. The minimum Gasteiger partial charge on any atom is -0.394 e. The molecule has 218 valence electrons. The molecule has 1 aromatic heterocycles. The zero-order chi connectivity index (χ0) is 28.9. The van der Waals surface area contributed by atoms with Crippen LogP contribution >= 0.6 is 0 Å². The van der Waals surface area contributed by atoms with Crippen molar-refractivity contribution in [1.82, 2.24) is 24.3 Å². The number of amides is 3. The van der Waals surface area contributed by atoms with E-state index in [-0.39, 0.29) is 11.7 Å². The van der Waals surface area contributed by atoms with E-state index in [4.69, 9.17) is 11.5 Å². The third-order valence-electron chi connectivity index (χ3n) is 7.88. The highest BCUT2D eigenvalue weighted by Gasteiger charge is 2.34. The number of aryl methyl sites for hydroxylation is 1. The van der Waals surface area contributed by atoms with Gasteiger partial charge in [0.25, 0.3) is 0 Å². The molecule has 2 aromatic rings. The molecule has 2 unspecified atom stereocenters. The normalized spacial score (nSPS) is 20.1. The predicted molar refractivity (Wildman–Crippen MR) is 153 cm³/mol. The second-order valence-corrected chi connectivity index (χ2v) is 11.1. The molecule has 2 aliphatic rings. The molecule has 40 heavy (non-hydrogen) atoms. The second-order valence-electron chi connectivity index (χ2n) is 11.1. The molecular formula is C28H42N8O4. The molecule has 12 heteroatoms. The SMILES string of the molecule is Cc1cc(-n2ccc(NC(=O)N3CCN(C(=O)C(C)(N)CO)CC3)nc2=O)ccc1CCN1CCCC(N)CC1. The number of rotatable bonds is 7. The highest BCUT2D eigenvalue weighted by atomic mass is 16.3. The molecule has 0 bridgehead atoms. The Morgan fingerprint density at radius 3 is 2.50 bits per heavy atom. The first-order valence-corrected chi connectivity index (χ1v) is 14.0. The summed E-state index contributed by atoms with van der Waals surface area (Å²) in [6, 6.07) is 7.47. The van der Waals surface area contributed by atoms with E-state index >= 15 is 0 Å². The molecule has 12 nitrogen and oxygen atoms in total. The number of likely N-dealkylation sites (tertiary alicyclic amines) is 1. The summed E-state index contributed by atoms with van der Waals surface area (Å²) < 4.78 is 1.46. The molecule has 0 saturated carbocycles. The van der Waals surface area contributed by atoms with Gasteiger partial charge in [-0.15, -0.1) is 0 Å². The second kappa shape index (κ2) is 12.9. The number of nitrogens with one attached hydrogen (secondary N) is 1. The highest BCUT2D eigenvalue weighted by Crippen LogP contribution is 2.17. The van der Waals surface area contributed by atoms with Gasteiger partial charge < -0.3 is 31.3 Å². The number of piperazine rings is 1. The van der Waals surface area contributed by atoms with Crippen molar-refractivity contribution in [3.63, 3.8) is 0 Å². The summed E-state index contributed by atoms with van der Waals surface area (Å²) in [6.45, 7) is 7.39. The molecule has 0 spiro atoms. The van der Waals surface area contributed by atoms with Gasteiger partial charge in [0.05, 0.1) is 12.3 Å². The fraction of sp³-hybridized carbons (Fsp3) is 0.571. The maximum absolute atomic E-state index is 12.8. The van der Waals surface area contributed by atoms with Gasteiger partial charge in [-0.25, -0.2) is 9.59 Å². The van der Waals surface area contributed by atoms with Gasteiger partial charge in [0.2, 0.25) is 5.91 Å². The van der Waals surface area contributed by atoms with Crippen molar-refractivity contribution < 1.29 is 14.7 Å². The number of urea groups is 1. The monoisotopic (exact) mass is 554 g/mol. The van der Waals surface area contributed by atoms with Crippen LogP contribution in [0, 0.1) is 6.92 Å². The van der Waals surface area contributed by atoms with Crippen molar-refractivity contribution in [2.75, 3.05) is 57.7 Å². The zero-order valence-corrected chi connectivity index (χ0v) is 23.5. The number of hydrogen-bond donors (Lipinski definition) is 4. The Morgan fingerprint density at radius 1 is 1.10 bits per heavy atom. The lowest BCUT2D eigenvalue weighted by Gasteiger charge is -2.37. The maximum atomic E-state index is 12.8. The van der Waals surface area contributed by atoms with Crippen LogP contribution in [-0.4, -0.2) is 105 Å². The van der Waals surface area contributed by atoms with Gasteiger partial charge in [0, 0.05) is 45.0 Å². The number of carbonyl (C=O) groups excluding carboxylic acids is 2. The van der Waals surface area contributed by atoms with Crippen molar-refractivity contribution in [1.29, 1.82) is 0 Å². The topological polar surface area (TPSA) is 163 Å². The van der Waals surface area contributed by atoms with Crippen LogP contribution in [0.1, 0.15) is 37.3 Å². The minimum absolute atomic E-state index is 0.157. The molecule has 2 atom stereocenters. The van der Waals surface area contributed by atoms with E-state index in [1.807, 2.05) is 12.1 Å². The number of carbonyl (C=O) groups is 2. The number of aromatic nitrogens is 2. The molecular weight excluding hydrogens is 512 g/mol. The molecule has 1 aromatic carbocycles. The number of aliphatic hydroxyl groups is 1. The summed E-state index contributed by atoms with van der Waals surface area (Å²) in [6.07, 6.45) is 5.82. The zero-order valence-electron chi connectivity index (χ0n) is 23.5. The van der Waals surface area contributed by atoms with E-state index in [1.54, 1.807) is 17.2 Å². The molecule has 4 rings (SSSR count).